The van der Waals surface area contributed by atoms with Crippen molar-refractivity contribution in [2.45, 2.75) is 54.6 Å². The van der Waals surface area contributed by atoms with Crippen LogP contribution in [0.15, 0.2) is 42.2 Å². The molecule has 0 saturated carbocycles. The maximum Gasteiger partial charge on any atom is 0.343 e. The number of cyclic esters (lactones) is 1. The highest BCUT2D eigenvalue weighted by atomic mass is 16.6. The van der Waals surface area contributed by atoms with Crippen LogP contribution in [-0.2, 0) is 39.7 Å². The van der Waals surface area contributed by atoms with Crippen molar-refractivity contribution in [2.24, 2.45) is 5.92 Å². The SMILES string of the molecule is O=C1OC[C@H]2OC(=O)c3cc(O)c(O)c(O)c3-c3c(O)c(O)c(O)c4c3C(=O)O[C@H]([C@H]3OC(=O)C5C4=C(O)C(=O)C54Oc5cc(O)c6c(c5[C@H]34)O[C@H](c3cc(O)c(O)c(O)c3)[C@@H](O)C6)[C@@H]2OC(=O)c2c(cc(O)c(O)c2O)-c2c1cc(O)c(O)c2O. The van der Waals surface area contributed by atoms with E-state index in [0.29, 0.717) is 18.2 Å². The van der Waals surface area contributed by atoms with Gasteiger partial charge in [-0.05, 0) is 30.3 Å². The summed E-state index contributed by atoms with van der Waals surface area (Å²) >= 11 is 0. The van der Waals surface area contributed by atoms with E-state index in [4.69, 9.17) is 33.2 Å². The minimum atomic E-state index is -3.19. The lowest BCUT2D eigenvalue weighted by Gasteiger charge is -2.47. The second kappa shape index (κ2) is 17.6. The predicted octanol–water partition coefficient (Wildman–Crippen LogP) is 2.13. The fourth-order valence-electron chi connectivity index (χ4n) is 12.4. The Kier molecular flexibility index (Phi) is 11.0. The molecule has 1 spiro atoms. The van der Waals surface area contributed by atoms with Gasteiger partial charge in [0.15, 0.2) is 99.5 Å². The molecule has 6 aromatic rings. The Hall–Kier alpha value is -11.8. The monoisotopic (exact) mass is 1190 g/mol. The van der Waals surface area contributed by atoms with Gasteiger partial charge >= 0.3 is 29.8 Å². The number of carbonyl (C=O) groups is 6. The van der Waals surface area contributed by atoms with E-state index in [-0.39, 0.29) is 11.1 Å². The fourth-order valence-corrected chi connectivity index (χ4v) is 12.4. The van der Waals surface area contributed by atoms with Gasteiger partial charge in [-0.1, -0.05) is 0 Å². The lowest BCUT2D eigenvalue weighted by molar-refractivity contribution is -0.200. The second-order valence-corrected chi connectivity index (χ2v) is 20.6. The van der Waals surface area contributed by atoms with Crippen LogP contribution in [0.5, 0.6) is 103 Å². The molecule has 0 amide bonds. The number of ether oxygens (including phenoxy) is 7. The highest BCUT2D eigenvalue weighted by molar-refractivity contribution is 6.22. The maximum atomic E-state index is 15.8. The van der Waals surface area contributed by atoms with Crippen LogP contribution in [-0.4, -0.2) is 170 Å². The van der Waals surface area contributed by atoms with Crippen molar-refractivity contribution in [3.05, 3.63) is 86.7 Å². The molecule has 9 atom stereocenters. The van der Waals surface area contributed by atoms with Gasteiger partial charge in [-0.2, -0.15) is 0 Å². The first-order valence-electron chi connectivity index (χ1n) is 24.9. The van der Waals surface area contributed by atoms with Crippen LogP contribution in [0.25, 0.3) is 27.8 Å². The Bertz CT molecular complexity index is 4270. The van der Waals surface area contributed by atoms with E-state index in [1.807, 2.05) is 0 Å². The molecule has 7 heterocycles. The zero-order valence-electron chi connectivity index (χ0n) is 42.4. The minimum absolute atomic E-state index is 0.289. The molecule has 1 saturated heterocycles. The molecule has 31 nitrogen and oxygen atoms in total. The first-order chi connectivity index (χ1) is 40.6. The lowest BCUT2D eigenvalue weighted by atomic mass is 9.66. The number of aliphatic hydroxyl groups is 2. The third-order valence-electron chi connectivity index (χ3n) is 16.2. The Balaban J connectivity index is 1.15. The fraction of sp³-hybridized carbons (Fsp3) is 0.200. The third-order valence-corrected chi connectivity index (χ3v) is 16.2. The zero-order chi connectivity index (χ0) is 61.7. The smallest absolute Gasteiger partial charge is 0.343 e. The molecule has 1 aliphatic carbocycles. The summed E-state index contributed by atoms with van der Waals surface area (Å²) in [6.45, 7) is -1.59. The van der Waals surface area contributed by atoms with Crippen molar-refractivity contribution in [1.29, 1.82) is 0 Å². The van der Waals surface area contributed by atoms with Crippen LogP contribution in [0.4, 0.5) is 0 Å². The summed E-state index contributed by atoms with van der Waals surface area (Å²) in [7, 11) is 0. The summed E-state index contributed by atoms with van der Waals surface area (Å²) in [4.78, 5) is 91.8. The molecule has 442 valence electrons. The third kappa shape index (κ3) is 6.80. The number of Topliss-reactive ketones (excluding diaryl/α,β-unsaturated/α-hetero) is 1. The quantitative estimate of drug-likeness (QED) is 0.0637. The van der Waals surface area contributed by atoms with Crippen molar-refractivity contribution >= 4 is 41.2 Å². The number of ketones is 1. The molecular weight excluding hydrogens is 1160 g/mol. The van der Waals surface area contributed by atoms with E-state index in [0.717, 1.165) is 18.2 Å². The number of phenols is 16. The Morgan fingerprint density at radius 3 is 1.62 bits per heavy atom. The average Bonchev–Trinajstić information content (AvgIpc) is 1.51. The Labute approximate surface area is 473 Å². The maximum absolute atomic E-state index is 15.8. The van der Waals surface area contributed by atoms with Gasteiger partial charge in [-0.3, -0.25) is 9.59 Å². The van der Waals surface area contributed by atoms with Crippen molar-refractivity contribution in [3.63, 3.8) is 0 Å². The second-order valence-electron chi connectivity index (χ2n) is 20.6. The summed E-state index contributed by atoms with van der Waals surface area (Å²) in [6.07, 6.45) is -15.5. The van der Waals surface area contributed by atoms with Gasteiger partial charge in [0.05, 0.1) is 28.7 Å². The summed E-state index contributed by atoms with van der Waals surface area (Å²) in [5.41, 5.74) is -17.2. The molecule has 7 aliphatic heterocycles. The normalized spacial score (nSPS) is 24.9. The van der Waals surface area contributed by atoms with E-state index in [1.54, 1.807) is 0 Å². The molecular formula is C55H36O31. The lowest BCUT2D eigenvalue weighted by Crippen LogP contribution is -2.65. The van der Waals surface area contributed by atoms with Crippen LogP contribution in [0.3, 0.4) is 0 Å². The van der Waals surface area contributed by atoms with E-state index in [9.17, 15) is 96.7 Å². The topological polar surface area (TPSA) is 531 Å². The van der Waals surface area contributed by atoms with E-state index in [2.05, 4.69) is 0 Å². The van der Waals surface area contributed by atoms with Crippen LogP contribution < -0.4 is 9.47 Å². The van der Waals surface area contributed by atoms with Gasteiger partial charge in [0.1, 0.15) is 35.3 Å². The number of rotatable bonds is 1. The van der Waals surface area contributed by atoms with Gasteiger partial charge in [0.25, 0.3) is 0 Å². The molecule has 8 aliphatic rings. The number of benzene rings is 6. The van der Waals surface area contributed by atoms with Crippen LogP contribution in [0.1, 0.15) is 75.7 Å². The standard InChI is InChI=1S/C55H36O31/c56-14-7-21-26(45-10(14)3-20(62)44(82-45)9-1-15(57)33(63)16(58)2-9)31-47-48-46-22(8-80-50(75)12-5-18(60)34(64)37(67)23(12)11-4-17(59)36(66)39(69)25(11)52(77)83-46)81-51(76)13-6-19(61)35(65)38(68)24(13)27-29(53(78)85-48)28(41(71)43(73)40(27)70)30-32(54(79)84-47)55(31,86-21)49(74)42(30)72/h1-2,4-7,20,22,31-32,44,46-48,56-73H,3,8H2/t20-,22+,31+,32?,44+,46+,47-,48-,55?/m0/s1. The van der Waals surface area contributed by atoms with Gasteiger partial charge in [-0.25, -0.2) is 19.2 Å². The summed E-state index contributed by atoms with van der Waals surface area (Å²) in [6, 6.07) is 3.65. The zero-order valence-corrected chi connectivity index (χ0v) is 42.4. The van der Waals surface area contributed by atoms with Crippen molar-refractivity contribution in [3.8, 4) is 126 Å². The molecule has 31 heteroatoms. The molecule has 1 fully saturated rings. The molecule has 86 heavy (non-hydrogen) atoms. The molecule has 6 aromatic carbocycles. The summed E-state index contributed by atoms with van der Waals surface area (Å²) < 4.78 is 42.6. The highest BCUT2D eigenvalue weighted by Gasteiger charge is 2.76. The van der Waals surface area contributed by atoms with Gasteiger partial charge < -0.3 is 125 Å². The number of hydrogen-bond donors (Lipinski definition) is 18. The molecule has 0 radical (unpaired) electrons. The number of phenolic OH excluding ortho intramolecular Hbond substituents is 16. The predicted molar refractivity (Wildman–Crippen MR) is 268 cm³/mol. The summed E-state index contributed by atoms with van der Waals surface area (Å²) in [5, 5.41) is 202. The van der Waals surface area contributed by atoms with E-state index in [1.165, 1.54) is 0 Å². The molecule has 2 unspecified atom stereocenters. The van der Waals surface area contributed by atoms with Crippen molar-refractivity contribution < 1.29 is 154 Å². The van der Waals surface area contributed by atoms with E-state index >= 15 is 24.0 Å². The van der Waals surface area contributed by atoms with Gasteiger partial charge in [-0.15, -0.1) is 0 Å². The molecule has 18 N–H and O–H groups in total. The Morgan fingerprint density at radius 2 is 0.977 bits per heavy atom. The van der Waals surface area contributed by atoms with Crippen LogP contribution >= 0.6 is 0 Å². The minimum Gasteiger partial charge on any atom is -0.507 e. The van der Waals surface area contributed by atoms with Gasteiger partial charge in [0.2, 0.25) is 34.4 Å². The number of esters is 5. The van der Waals surface area contributed by atoms with Crippen LogP contribution in [0, 0.1) is 5.92 Å². The highest BCUT2D eigenvalue weighted by Crippen LogP contribution is 2.68. The molecule has 14 rings (SSSR count). The molecule has 0 aromatic heterocycles. The number of hydrogen-bond acceptors (Lipinski definition) is 31. The molecule has 6 bridgehead atoms. The first-order valence-corrected chi connectivity index (χ1v) is 24.9. The van der Waals surface area contributed by atoms with Crippen molar-refractivity contribution in [1.82, 2.24) is 0 Å². The Morgan fingerprint density at radius 1 is 0.442 bits per heavy atom. The summed E-state index contributed by atoms with van der Waals surface area (Å²) in [5.74, 6) is -41.4. The van der Waals surface area contributed by atoms with Gasteiger partial charge in [0, 0.05) is 62.6 Å². The largest absolute Gasteiger partial charge is 0.507 e. The van der Waals surface area contributed by atoms with Crippen LogP contribution in [0.2, 0.25) is 0 Å². The first kappa shape index (κ1) is 53.5. The average molecular weight is 1190 g/mol. The number of aliphatic hydroxyl groups excluding tert-OH is 2. The number of fused-ring (bicyclic) bond motifs is 10. The number of carbonyl (C=O) groups excluding carboxylic acids is 6. The van der Waals surface area contributed by atoms with Crippen molar-refractivity contribution in [2.75, 3.05) is 6.61 Å². The van der Waals surface area contributed by atoms with E-state index < -0.39 is 273 Å². The number of aromatic hydroxyl groups is 16.